The third kappa shape index (κ3) is 3.43. The van der Waals surface area contributed by atoms with Crippen molar-refractivity contribution in [3.05, 3.63) is 60.3 Å². The van der Waals surface area contributed by atoms with Crippen LogP contribution < -0.4 is 4.74 Å². The van der Waals surface area contributed by atoms with Crippen LogP contribution in [-0.4, -0.2) is 16.4 Å². The molecule has 0 atom stereocenters. The van der Waals surface area contributed by atoms with Crippen LogP contribution in [0.25, 0.3) is 10.9 Å². The van der Waals surface area contributed by atoms with Gasteiger partial charge >= 0.3 is 0 Å². The minimum absolute atomic E-state index is 0.752. The van der Waals surface area contributed by atoms with Crippen molar-refractivity contribution < 1.29 is 4.74 Å². The summed E-state index contributed by atoms with van der Waals surface area (Å²) in [6.07, 6.45) is 4.03. The van der Waals surface area contributed by atoms with E-state index in [1.807, 2.05) is 24.4 Å². The Morgan fingerprint density at radius 3 is 2.67 bits per heavy atom. The minimum atomic E-state index is 0.752. The van der Waals surface area contributed by atoms with E-state index in [0.717, 1.165) is 31.7 Å². The minimum Gasteiger partial charge on any atom is -0.494 e. The maximum atomic E-state index is 5.74. The molecule has 1 heterocycles. The number of aryl methyl sites for hydroxylation is 2. The summed E-state index contributed by atoms with van der Waals surface area (Å²) < 4.78 is 7.81. The van der Waals surface area contributed by atoms with Gasteiger partial charge in [0.2, 0.25) is 0 Å². The average Bonchev–Trinajstić information content (AvgIpc) is 2.92. The Morgan fingerprint density at radius 2 is 1.81 bits per heavy atom. The topological polar surface area (TPSA) is 27.1 Å². The molecule has 3 rings (SSSR count). The molecule has 2 aromatic carbocycles. The lowest BCUT2D eigenvalue weighted by atomic mass is 10.2. The predicted molar refractivity (Wildman–Crippen MR) is 85.6 cm³/mol. The van der Waals surface area contributed by atoms with Gasteiger partial charge in [-0.25, -0.2) is 0 Å². The van der Waals surface area contributed by atoms with Gasteiger partial charge < -0.3 is 4.74 Å². The second kappa shape index (κ2) is 6.44. The monoisotopic (exact) mass is 280 g/mol. The highest BCUT2D eigenvalue weighted by Crippen LogP contribution is 2.14. The lowest BCUT2D eigenvalue weighted by Crippen LogP contribution is -2.03. The average molecular weight is 280 g/mol. The number of fused-ring (bicyclic) bond motifs is 1. The van der Waals surface area contributed by atoms with Crippen LogP contribution in [0.5, 0.6) is 5.75 Å². The Labute approximate surface area is 125 Å². The van der Waals surface area contributed by atoms with E-state index in [0.29, 0.717) is 0 Å². The van der Waals surface area contributed by atoms with Crippen LogP contribution in [0.2, 0.25) is 0 Å². The third-order valence-electron chi connectivity index (χ3n) is 3.61. The molecule has 1 aromatic heterocycles. The summed E-state index contributed by atoms with van der Waals surface area (Å²) in [4.78, 5) is 0. The number of hydrogen-bond donors (Lipinski definition) is 0. The van der Waals surface area contributed by atoms with E-state index >= 15 is 0 Å². The highest BCUT2D eigenvalue weighted by molar-refractivity contribution is 5.78. The molecule has 3 nitrogen and oxygen atoms in total. The summed E-state index contributed by atoms with van der Waals surface area (Å²) in [5.41, 5.74) is 2.46. The Balaban J connectivity index is 1.45. The number of benzene rings is 2. The van der Waals surface area contributed by atoms with Crippen molar-refractivity contribution in [2.45, 2.75) is 26.3 Å². The number of para-hydroxylation sites is 1. The Morgan fingerprint density at radius 1 is 1.00 bits per heavy atom. The van der Waals surface area contributed by atoms with Gasteiger partial charge in [0.15, 0.2) is 0 Å². The number of hydrogen-bond acceptors (Lipinski definition) is 2. The lowest BCUT2D eigenvalue weighted by molar-refractivity contribution is 0.302. The van der Waals surface area contributed by atoms with Crippen molar-refractivity contribution in [2.24, 2.45) is 0 Å². The van der Waals surface area contributed by atoms with Gasteiger partial charge in [0.25, 0.3) is 0 Å². The normalized spacial score (nSPS) is 10.9. The van der Waals surface area contributed by atoms with E-state index in [4.69, 9.17) is 4.74 Å². The Bertz CT molecular complexity index is 701. The van der Waals surface area contributed by atoms with Gasteiger partial charge in [-0.1, -0.05) is 35.9 Å². The van der Waals surface area contributed by atoms with Gasteiger partial charge in [0, 0.05) is 11.9 Å². The fraction of sp³-hybridized carbons (Fsp3) is 0.278. The zero-order chi connectivity index (χ0) is 14.5. The number of ether oxygens (including phenoxy) is 1. The molecular weight excluding hydrogens is 260 g/mol. The molecule has 0 radical (unpaired) electrons. The van der Waals surface area contributed by atoms with Gasteiger partial charge in [-0.3, -0.25) is 4.68 Å². The molecule has 0 unspecified atom stereocenters. The largest absolute Gasteiger partial charge is 0.494 e. The van der Waals surface area contributed by atoms with E-state index in [9.17, 15) is 0 Å². The highest BCUT2D eigenvalue weighted by Gasteiger charge is 2.01. The molecule has 0 bridgehead atoms. The summed E-state index contributed by atoms with van der Waals surface area (Å²) in [6, 6.07) is 16.5. The van der Waals surface area contributed by atoms with Crippen LogP contribution in [0.1, 0.15) is 18.4 Å². The molecule has 0 spiro atoms. The van der Waals surface area contributed by atoms with E-state index < -0.39 is 0 Å². The lowest BCUT2D eigenvalue weighted by Gasteiger charge is -2.07. The van der Waals surface area contributed by atoms with Crippen molar-refractivity contribution >= 4 is 10.9 Å². The summed E-state index contributed by atoms with van der Waals surface area (Å²) in [5, 5.41) is 5.64. The van der Waals surface area contributed by atoms with Gasteiger partial charge in [0.1, 0.15) is 5.75 Å². The molecule has 0 N–H and O–H groups in total. The Kier molecular flexibility index (Phi) is 4.20. The van der Waals surface area contributed by atoms with Gasteiger partial charge in [-0.05, 0) is 38.0 Å². The van der Waals surface area contributed by atoms with Crippen molar-refractivity contribution in [3.63, 3.8) is 0 Å². The van der Waals surface area contributed by atoms with E-state index in [2.05, 4.69) is 47.0 Å². The number of aromatic nitrogens is 2. The molecule has 3 heteroatoms. The van der Waals surface area contributed by atoms with Crippen LogP contribution in [0.15, 0.2) is 54.7 Å². The summed E-state index contributed by atoms with van der Waals surface area (Å²) in [6.45, 7) is 3.77. The maximum absolute atomic E-state index is 5.74. The summed E-state index contributed by atoms with van der Waals surface area (Å²) in [7, 11) is 0. The molecule has 108 valence electrons. The molecule has 0 aliphatic rings. The maximum Gasteiger partial charge on any atom is 0.119 e. The first kappa shape index (κ1) is 13.7. The third-order valence-corrected chi connectivity index (χ3v) is 3.61. The highest BCUT2D eigenvalue weighted by atomic mass is 16.5. The number of unbranched alkanes of at least 4 members (excludes halogenated alkanes) is 1. The van der Waals surface area contributed by atoms with Gasteiger partial charge in [-0.2, -0.15) is 5.10 Å². The molecule has 0 aliphatic heterocycles. The van der Waals surface area contributed by atoms with Crippen LogP contribution in [0, 0.1) is 6.92 Å². The quantitative estimate of drug-likeness (QED) is 0.633. The van der Waals surface area contributed by atoms with E-state index in [1.165, 1.54) is 16.5 Å². The molecule has 21 heavy (non-hydrogen) atoms. The summed E-state index contributed by atoms with van der Waals surface area (Å²) >= 11 is 0. The second-order valence-electron chi connectivity index (χ2n) is 5.30. The fourth-order valence-electron chi connectivity index (χ4n) is 2.39. The molecule has 0 fully saturated rings. The van der Waals surface area contributed by atoms with Crippen LogP contribution in [-0.2, 0) is 6.54 Å². The first-order valence-electron chi connectivity index (χ1n) is 7.43. The van der Waals surface area contributed by atoms with Crippen molar-refractivity contribution in [1.82, 2.24) is 9.78 Å². The molecule has 0 amide bonds. The predicted octanol–water partition coefficient (Wildman–Crippen LogP) is 4.20. The molecule has 3 aromatic rings. The standard InChI is InChI=1S/C18H20N2O/c1-15-8-10-17(11-9-15)21-13-5-4-12-20-18-7-3-2-6-16(18)14-19-20/h2-3,6-11,14H,4-5,12-13H2,1H3. The van der Waals surface area contributed by atoms with Crippen molar-refractivity contribution in [3.8, 4) is 5.75 Å². The van der Waals surface area contributed by atoms with E-state index in [1.54, 1.807) is 0 Å². The zero-order valence-corrected chi connectivity index (χ0v) is 12.3. The van der Waals surface area contributed by atoms with Crippen LogP contribution >= 0.6 is 0 Å². The zero-order valence-electron chi connectivity index (χ0n) is 12.3. The number of nitrogens with zero attached hydrogens (tertiary/aromatic N) is 2. The molecular formula is C18H20N2O. The van der Waals surface area contributed by atoms with Crippen LogP contribution in [0.4, 0.5) is 0 Å². The number of rotatable bonds is 6. The van der Waals surface area contributed by atoms with E-state index in [-0.39, 0.29) is 0 Å². The first-order chi connectivity index (χ1) is 10.3. The van der Waals surface area contributed by atoms with Crippen LogP contribution in [0.3, 0.4) is 0 Å². The van der Waals surface area contributed by atoms with Crippen molar-refractivity contribution in [1.29, 1.82) is 0 Å². The fourth-order valence-corrected chi connectivity index (χ4v) is 2.39. The van der Waals surface area contributed by atoms with Crippen molar-refractivity contribution in [2.75, 3.05) is 6.61 Å². The van der Waals surface area contributed by atoms with Gasteiger partial charge in [0.05, 0.1) is 18.3 Å². The SMILES string of the molecule is Cc1ccc(OCCCCn2ncc3ccccc32)cc1. The molecule has 0 aliphatic carbocycles. The summed E-state index contributed by atoms with van der Waals surface area (Å²) in [5.74, 6) is 0.949. The molecule has 0 saturated carbocycles. The Hall–Kier alpha value is -2.29. The molecule has 0 saturated heterocycles. The second-order valence-corrected chi connectivity index (χ2v) is 5.30. The smallest absolute Gasteiger partial charge is 0.119 e. The van der Waals surface area contributed by atoms with Gasteiger partial charge in [-0.15, -0.1) is 0 Å². The first-order valence-corrected chi connectivity index (χ1v) is 7.43.